The summed E-state index contributed by atoms with van der Waals surface area (Å²) in [6.07, 6.45) is 3.59. The van der Waals surface area contributed by atoms with Crippen LogP contribution in [0.25, 0.3) is 0 Å². The van der Waals surface area contributed by atoms with Gasteiger partial charge in [-0.2, -0.15) is 0 Å². The number of carbonyl (C=O) groups excluding carboxylic acids is 2. The SMILES string of the molecule is CCOC(=O)c1c(NC(=O)CN(c2ccncc2)S(=O)(=O)c2ccccc2)sc(CC)c1C. The average molecular weight is 488 g/mol. The highest BCUT2D eigenvalue weighted by molar-refractivity contribution is 7.92. The summed E-state index contributed by atoms with van der Waals surface area (Å²) in [7, 11) is -4.03. The van der Waals surface area contributed by atoms with E-state index in [-0.39, 0.29) is 11.5 Å². The molecule has 0 saturated heterocycles. The zero-order chi connectivity index (χ0) is 24.0. The molecule has 0 radical (unpaired) electrons. The first-order valence-electron chi connectivity index (χ1n) is 10.4. The van der Waals surface area contributed by atoms with Gasteiger partial charge >= 0.3 is 5.97 Å². The van der Waals surface area contributed by atoms with Gasteiger partial charge in [0.15, 0.2) is 0 Å². The van der Waals surface area contributed by atoms with Crippen molar-refractivity contribution in [2.45, 2.75) is 32.1 Å². The number of anilines is 2. The first kappa shape index (κ1) is 24.4. The number of pyridine rings is 1. The molecule has 0 atom stereocenters. The molecular weight excluding hydrogens is 462 g/mol. The van der Waals surface area contributed by atoms with E-state index in [1.807, 2.05) is 6.92 Å². The summed E-state index contributed by atoms with van der Waals surface area (Å²) >= 11 is 1.28. The lowest BCUT2D eigenvalue weighted by atomic mass is 10.1. The van der Waals surface area contributed by atoms with Gasteiger partial charge in [-0.05, 0) is 50.1 Å². The number of carbonyl (C=O) groups is 2. The fraction of sp³-hybridized carbons (Fsp3) is 0.261. The third kappa shape index (κ3) is 5.40. The molecular formula is C23H25N3O5S2. The average Bonchev–Trinajstić information content (AvgIpc) is 3.13. The van der Waals surface area contributed by atoms with Crippen molar-refractivity contribution in [1.82, 2.24) is 4.98 Å². The van der Waals surface area contributed by atoms with Crippen LogP contribution in [-0.4, -0.2) is 38.4 Å². The predicted octanol–water partition coefficient (Wildman–Crippen LogP) is 4.02. The fourth-order valence-corrected chi connectivity index (χ4v) is 5.87. The molecule has 0 saturated carbocycles. The van der Waals surface area contributed by atoms with Gasteiger partial charge < -0.3 is 10.1 Å². The molecule has 1 amide bonds. The number of hydrogen-bond donors (Lipinski definition) is 1. The molecule has 174 valence electrons. The Morgan fingerprint density at radius 2 is 1.76 bits per heavy atom. The standard InChI is InChI=1S/C23H25N3O5S2/c1-4-19-16(3)21(23(28)31-5-2)22(32-19)25-20(27)15-26(17-11-13-24-14-12-17)33(29,30)18-9-7-6-8-10-18/h6-14H,4-5,15H2,1-3H3,(H,25,27). The summed E-state index contributed by atoms with van der Waals surface area (Å²) in [6.45, 7) is 5.19. The van der Waals surface area contributed by atoms with Crippen molar-refractivity contribution in [3.8, 4) is 0 Å². The van der Waals surface area contributed by atoms with Gasteiger partial charge in [-0.1, -0.05) is 25.1 Å². The summed E-state index contributed by atoms with van der Waals surface area (Å²) in [5, 5.41) is 3.07. The Kier molecular flexibility index (Phi) is 7.83. The van der Waals surface area contributed by atoms with Crippen LogP contribution in [-0.2, 0) is 26.0 Å². The van der Waals surface area contributed by atoms with E-state index in [2.05, 4.69) is 10.3 Å². The monoisotopic (exact) mass is 487 g/mol. The van der Waals surface area contributed by atoms with Crippen LogP contribution in [0.5, 0.6) is 0 Å². The largest absolute Gasteiger partial charge is 0.462 e. The summed E-state index contributed by atoms with van der Waals surface area (Å²) in [5.74, 6) is -1.11. The molecule has 0 aliphatic rings. The van der Waals surface area contributed by atoms with E-state index < -0.39 is 28.4 Å². The Labute approximate surface area is 197 Å². The Balaban J connectivity index is 1.94. The number of rotatable bonds is 9. The molecule has 0 spiro atoms. The van der Waals surface area contributed by atoms with Crippen LogP contribution in [0.4, 0.5) is 10.7 Å². The molecule has 0 unspecified atom stereocenters. The lowest BCUT2D eigenvalue weighted by Gasteiger charge is -2.23. The maximum absolute atomic E-state index is 13.3. The molecule has 8 nitrogen and oxygen atoms in total. The van der Waals surface area contributed by atoms with Crippen molar-refractivity contribution >= 4 is 43.9 Å². The minimum atomic E-state index is -4.03. The number of nitrogens with one attached hydrogen (secondary N) is 1. The number of esters is 1. The highest BCUT2D eigenvalue weighted by Crippen LogP contribution is 2.34. The van der Waals surface area contributed by atoms with Crippen molar-refractivity contribution in [3.05, 3.63) is 70.9 Å². The van der Waals surface area contributed by atoms with Crippen molar-refractivity contribution in [2.24, 2.45) is 0 Å². The Morgan fingerprint density at radius 3 is 2.36 bits per heavy atom. The van der Waals surface area contributed by atoms with Gasteiger partial charge in [0.25, 0.3) is 10.0 Å². The van der Waals surface area contributed by atoms with Crippen molar-refractivity contribution in [2.75, 3.05) is 22.8 Å². The van der Waals surface area contributed by atoms with Gasteiger partial charge in [-0.15, -0.1) is 11.3 Å². The lowest BCUT2D eigenvalue weighted by molar-refractivity contribution is -0.114. The molecule has 1 N–H and O–H groups in total. The van der Waals surface area contributed by atoms with Crippen LogP contribution in [0.1, 0.15) is 34.6 Å². The van der Waals surface area contributed by atoms with E-state index in [1.165, 1.54) is 48.0 Å². The van der Waals surface area contributed by atoms with E-state index in [4.69, 9.17) is 4.74 Å². The molecule has 3 aromatic rings. The molecule has 0 fully saturated rings. The molecule has 2 heterocycles. The number of benzene rings is 1. The summed E-state index contributed by atoms with van der Waals surface area (Å²) in [4.78, 5) is 30.5. The summed E-state index contributed by atoms with van der Waals surface area (Å²) in [5.41, 5.74) is 1.35. The summed E-state index contributed by atoms with van der Waals surface area (Å²) < 4.78 is 32.9. The molecule has 10 heteroatoms. The van der Waals surface area contributed by atoms with Gasteiger partial charge in [0.05, 0.1) is 22.8 Å². The normalized spacial score (nSPS) is 11.1. The van der Waals surface area contributed by atoms with Crippen LogP contribution >= 0.6 is 11.3 Å². The Morgan fingerprint density at radius 1 is 1.09 bits per heavy atom. The molecule has 3 rings (SSSR count). The second kappa shape index (κ2) is 10.6. The number of amides is 1. The zero-order valence-electron chi connectivity index (χ0n) is 18.6. The number of thiophene rings is 1. The topological polar surface area (TPSA) is 106 Å². The molecule has 2 aromatic heterocycles. The number of hydrogen-bond acceptors (Lipinski definition) is 7. The van der Waals surface area contributed by atoms with Crippen LogP contribution in [0.2, 0.25) is 0 Å². The number of nitrogens with zero attached hydrogens (tertiary/aromatic N) is 2. The van der Waals surface area contributed by atoms with Crippen molar-refractivity contribution in [1.29, 1.82) is 0 Å². The van der Waals surface area contributed by atoms with Crippen molar-refractivity contribution in [3.63, 3.8) is 0 Å². The predicted molar refractivity (Wildman–Crippen MR) is 128 cm³/mol. The smallest absolute Gasteiger partial charge is 0.341 e. The Hall–Kier alpha value is -3.24. The lowest BCUT2D eigenvalue weighted by Crippen LogP contribution is -2.38. The van der Waals surface area contributed by atoms with E-state index in [0.717, 1.165) is 14.7 Å². The van der Waals surface area contributed by atoms with Gasteiger partial charge in [-0.3, -0.25) is 14.1 Å². The van der Waals surface area contributed by atoms with Gasteiger partial charge in [0, 0.05) is 17.3 Å². The highest BCUT2D eigenvalue weighted by Gasteiger charge is 2.29. The highest BCUT2D eigenvalue weighted by atomic mass is 32.2. The van der Waals surface area contributed by atoms with E-state index in [0.29, 0.717) is 22.7 Å². The van der Waals surface area contributed by atoms with E-state index in [9.17, 15) is 18.0 Å². The van der Waals surface area contributed by atoms with Crippen LogP contribution in [0, 0.1) is 6.92 Å². The minimum Gasteiger partial charge on any atom is -0.462 e. The van der Waals surface area contributed by atoms with Crippen molar-refractivity contribution < 1.29 is 22.7 Å². The van der Waals surface area contributed by atoms with Gasteiger partial charge in [0.1, 0.15) is 11.5 Å². The van der Waals surface area contributed by atoms with Crippen LogP contribution in [0.3, 0.4) is 0 Å². The molecule has 0 bridgehead atoms. The Bertz CT molecular complexity index is 1230. The second-order valence-electron chi connectivity index (χ2n) is 7.01. The first-order chi connectivity index (χ1) is 15.8. The van der Waals surface area contributed by atoms with Gasteiger partial charge in [-0.25, -0.2) is 13.2 Å². The molecule has 1 aromatic carbocycles. The fourth-order valence-electron chi connectivity index (χ4n) is 3.28. The van der Waals surface area contributed by atoms with E-state index >= 15 is 0 Å². The second-order valence-corrected chi connectivity index (χ2v) is 9.97. The summed E-state index contributed by atoms with van der Waals surface area (Å²) in [6, 6.07) is 10.9. The minimum absolute atomic E-state index is 0.0575. The van der Waals surface area contributed by atoms with Gasteiger partial charge in [0.2, 0.25) is 5.91 Å². The molecule has 33 heavy (non-hydrogen) atoms. The van der Waals surface area contributed by atoms with Crippen LogP contribution in [0.15, 0.2) is 59.8 Å². The third-order valence-corrected chi connectivity index (χ3v) is 8.01. The number of aromatic nitrogens is 1. The number of ether oxygens (including phenoxy) is 1. The maximum atomic E-state index is 13.3. The first-order valence-corrected chi connectivity index (χ1v) is 12.6. The third-order valence-electron chi connectivity index (χ3n) is 4.87. The van der Waals surface area contributed by atoms with Crippen LogP contribution < -0.4 is 9.62 Å². The van der Waals surface area contributed by atoms with E-state index in [1.54, 1.807) is 32.0 Å². The maximum Gasteiger partial charge on any atom is 0.341 e. The molecule has 0 aliphatic carbocycles. The molecule has 0 aliphatic heterocycles. The zero-order valence-corrected chi connectivity index (χ0v) is 20.2. The number of aryl methyl sites for hydroxylation is 1. The quantitative estimate of drug-likeness (QED) is 0.457. The number of sulfonamides is 1.